The highest BCUT2D eigenvalue weighted by atomic mass is 32.2. The number of pyridine rings is 2. The molecule has 2 aromatic heterocycles. The predicted molar refractivity (Wildman–Crippen MR) is 318 cm³/mol. The van der Waals surface area contributed by atoms with Crippen molar-refractivity contribution in [1.82, 2.24) is 9.97 Å². The maximum absolute atomic E-state index is 11.8. The second kappa shape index (κ2) is 26.0. The average molecular weight is 1070 g/mol. The van der Waals surface area contributed by atoms with Gasteiger partial charge in [-0.25, -0.2) is 0 Å². The number of thioether (sulfide) groups is 2. The van der Waals surface area contributed by atoms with E-state index in [1.54, 1.807) is 18.6 Å². The lowest BCUT2D eigenvalue weighted by Gasteiger charge is -2.34. The third-order valence-electron chi connectivity index (χ3n) is 16.2. The molecule has 0 unspecified atom stereocenters. The van der Waals surface area contributed by atoms with Gasteiger partial charge < -0.3 is 20.1 Å². The molecule has 2 aliphatic heterocycles. The maximum atomic E-state index is 11.8. The van der Waals surface area contributed by atoms with Gasteiger partial charge in [0.25, 0.3) is 0 Å². The van der Waals surface area contributed by atoms with Crippen LogP contribution in [0.25, 0.3) is 22.3 Å². The number of methoxy groups -OCH3 is 1. The molecule has 0 atom stereocenters. The third kappa shape index (κ3) is 13.9. The van der Waals surface area contributed by atoms with Crippen LogP contribution in [0.2, 0.25) is 0 Å². The smallest absolute Gasteiger partial charge is 0.310 e. The second-order valence-electron chi connectivity index (χ2n) is 21.0. The van der Waals surface area contributed by atoms with E-state index in [0.29, 0.717) is 5.56 Å². The van der Waals surface area contributed by atoms with E-state index in [1.165, 1.54) is 34.9 Å². The molecule has 6 aromatic rings. The summed E-state index contributed by atoms with van der Waals surface area (Å²) in [6, 6.07) is 30.5. The van der Waals surface area contributed by atoms with Gasteiger partial charge in [-0.15, -0.1) is 0 Å². The van der Waals surface area contributed by atoms with Gasteiger partial charge >= 0.3 is 11.9 Å². The SMILES string of the molecule is CCC(CC)(c1ccc(C#CC2(O)CCSCC2)c(C)c1)c1ccc(-c2cncc(CC(=O)O)c2)c(C)c1.CCC(CC)(c1ccc(C#CC2(O)CCSCC2)c(C)c1)c1ccc(-c2cncc(CC(=O)OC)c2)c(C)c1. The zero-order valence-corrected chi connectivity index (χ0v) is 48.2. The van der Waals surface area contributed by atoms with Crippen LogP contribution in [0.4, 0.5) is 0 Å². The molecule has 4 heterocycles. The fourth-order valence-corrected chi connectivity index (χ4v) is 13.5. The van der Waals surface area contributed by atoms with Crippen molar-refractivity contribution >= 4 is 35.5 Å². The largest absolute Gasteiger partial charge is 0.481 e. The number of carbonyl (C=O) groups excluding carboxylic acids is 1. The summed E-state index contributed by atoms with van der Waals surface area (Å²) in [7, 11) is 1.40. The molecule has 0 saturated carbocycles. The van der Waals surface area contributed by atoms with Gasteiger partial charge in [0.15, 0.2) is 0 Å². The number of hydrogen-bond acceptors (Lipinski definition) is 9. The van der Waals surface area contributed by atoms with Gasteiger partial charge in [-0.1, -0.05) is 112 Å². The molecule has 10 heteroatoms. The number of hydrogen-bond donors (Lipinski definition) is 3. The number of aryl methyl sites for hydroxylation is 4. The van der Waals surface area contributed by atoms with Crippen LogP contribution >= 0.6 is 23.5 Å². The monoisotopic (exact) mass is 1070 g/mol. The standard InChI is InChI=1S/C34H39NO3S.C33H37NO3S/c1-6-34(7-2,29-9-8-27(24(3)18-29)12-13-33(37)14-16-39-17-15-33)30-10-11-31(25(4)19-30)28-20-26(22-35-23-28)21-32(36)38-5;1-5-33(6-2,28-8-7-26(23(3)17-28)11-12-32(37)13-15-38-16-14-32)29-9-10-30(24(4)18-29)27-19-25(20-31(35)36)21-34-22-27/h8-11,18-20,22-23,37H,6-7,14-17,21H2,1-5H3;7-10,17-19,21-22,37H,5-6,13-16,20H2,1-4H3,(H,35,36). The number of esters is 1. The summed E-state index contributed by atoms with van der Waals surface area (Å²) in [6.45, 7) is 17.5. The van der Waals surface area contributed by atoms with Crippen molar-refractivity contribution in [3.63, 3.8) is 0 Å². The Bertz CT molecular complexity index is 3190. The van der Waals surface area contributed by atoms with E-state index in [0.717, 1.165) is 130 Å². The van der Waals surface area contributed by atoms with Gasteiger partial charge in [-0.05, 0) is 193 Å². The number of aromatic nitrogens is 2. The van der Waals surface area contributed by atoms with E-state index in [9.17, 15) is 19.8 Å². The second-order valence-corrected chi connectivity index (χ2v) is 23.4. The molecular weight excluding hydrogens is 993 g/mol. The highest BCUT2D eigenvalue weighted by molar-refractivity contribution is 7.99. The molecule has 2 aliphatic rings. The van der Waals surface area contributed by atoms with Crippen LogP contribution in [-0.2, 0) is 38.0 Å². The Hall–Kier alpha value is -6.14. The Morgan fingerprint density at radius 2 is 0.909 bits per heavy atom. The van der Waals surface area contributed by atoms with E-state index in [1.807, 2.05) is 41.9 Å². The molecule has 0 radical (unpaired) electrons. The Morgan fingerprint density at radius 3 is 1.25 bits per heavy atom. The van der Waals surface area contributed by atoms with Crippen LogP contribution < -0.4 is 0 Å². The van der Waals surface area contributed by atoms with E-state index in [-0.39, 0.29) is 29.6 Å². The predicted octanol–water partition coefficient (Wildman–Crippen LogP) is 13.5. The molecular formula is C67H76N2O6S2. The van der Waals surface area contributed by atoms with Crippen LogP contribution in [0.5, 0.6) is 0 Å². The number of benzene rings is 4. The van der Waals surface area contributed by atoms with Crippen molar-refractivity contribution in [1.29, 1.82) is 0 Å². The maximum Gasteiger partial charge on any atom is 0.310 e. The Balaban J connectivity index is 0.000000224. The van der Waals surface area contributed by atoms with Crippen LogP contribution in [0.15, 0.2) is 110 Å². The summed E-state index contributed by atoms with van der Waals surface area (Å²) in [6.07, 6.45) is 13.9. The lowest BCUT2D eigenvalue weighted by atomic mass is 9.69. The number of carboxylic acid groups (broad SMARTS) is 1. The van der Waals surface area contributed by atoms with Gasteiger partial charge in [0.1, 0.15) is 11.2 Å². The quantitative estimate of drug-likeness (QED) is 0.0716. The molecule has 4 aromatic carbocycles. The van der Waals surface area contributed by atoms with Gasteiger partial charge in [-0.3, -0.25) is 19.6 Å². The normalized spacial score (nSPS) is 14.9. The van der Waals surface area contributed by atoms with Gasteiger partial charge in [-0.2, -0.15) is 23.5 Å². The van der Waals surface area contributed by atoms with Gasteiger partial charge in [0, 0.05) is 57.9 Å². The summed E-state index contributed by atoms with van der Waals surface area (Å²) >= 11 is 3.77. The van der Waals surface area contributed by atoms with E-state index < -0.39 is 17.2 Å². The van der Waals surface area contributed by atoms with Crippen LogP contribution in [0, 0.1) is 51.4 Å². The Morgan fingerprint density at radius 1 is 0.545 bits per heavy atom. The van der Waals surface area contributed by atoms with E-state index in [2.05, 4.69) is 162 Å². The van der Waals surface area contributed by atoms with Crippen molar-refractivity contribution in [2.45, 2.75) is 142 Å². The number of ether oxygens (including phenoxy) is 1. The Labute approximate surface area is 466 Å². The number of aliphatic hydroxyl groups is 2. The molecule has 0 aliphatic carbocycles. The molecule has 77 heavy (non-hydrogen) atoms. The number of carbonyl (C=O) groups is 2. The molecule has 2 saturated heterocycles. The molecule has 0 bridgehead atoms. The number of nitrogens with zero attached hydrogens (tertiary/aromatic N) is 2. The zero-order chi connectivity index (χ0) is 55.4. The van der Waals surface area contributed by atoms with Crippen molar-refractivity contribution in [3.05, 3.63) is 176 Å². The fraction of sp³-hybridized carbons (Fsp3) is 0.403. The van der Waals surface area contributed by atoms with Crippen molar-refractivity contribution < 1.29 is 29.6 Å². The van der Waals surface area contributed by atoms with Crippen molar-refractivity contribution in [2.75, 3.05) is 30.1 Å². The first-order valence-corrected chi connectivity index (χ1v) is 29.5. The number of rotatable bonds is 14. The highest BCUT2D eigenvalue weighted by Gasteiger charge is 2.34. The zero-order valence-electron chi connectivity index (χ0n) is 46.6. The molecule has 0 amide bonds. The number of aliphatic carboxylic acids is 1. The Kier molecular flexibility index (Phi) is 19.8. The fourth-order valence-electron chi connectivity index (χ4n) is 11.2. The number of carboxylic acids is 1. The van der Waals surface area contributed by atoms with Crippen LogP contribution in [-0.4, -0.2) is 78.5 Å². The van der Waals surface area contributed by atoms with Gasteiger partial charge in [0.05, 0.1) is 20.0 Å². The average Bonchev–Trinajstić information content (AvgIpc) is 3.42. The summed E-state index contributed by atoms with van der Waals surface area (Å²) in [5, 5.41) is 30.8. The molecule has 2 fully saturated rings. The lowest BCUT2D eigenvalue weighted by molar-refractivity contribution is -0.140. The third-order valence-corrected chi connectivity index (χ3v) is 18.1. The minimum atomic E-state index is -0.866. The molecule has 3 N–H and O–H groups in total. The van der Waals surface area contributed by atoms with Crippen LogP contribution in [0.1, 0.15) is 146 Å². The summed E-state index contributed by atoms with van der Waals surface area (Å²) in [4.78, 5) is 31.6. The van der Waals surface area contributed by atoms with E-state index >= 15 is 0 Å². The van der Waals surface area contributed by atoms with Crippen LogP contribution in [0.3, 0.4) is 0 Å². The first kappa shape index (κ1) is 58.5. The summed E-state index contributed by atoms with van der Waals surface area (Å²) in [5.74, 6) is 15.6. The summed E-state index contributed by atoms with van der Waals surface area (Å²) in [5.41, 5.74) is 15.3. The first-order valence-electron chi connectivity index (χ1n) is 27.2. The minimum Gasteiger partial charge on any atom is -0.481 e. The van der Waals surface area contributed by atoms with Crippen molar-refractivity contribution in [2.24, 2.45) is 0 Å². The molecule has 0 spiro atoms. The van der Waals surface area contributed by atoms with Crippen molar-refractivity contribution in [3.8, 4) is 45.9 Å². The molecule has 8 rings (SSSR count). The molecule has 402 valence electrons. The first-order chi connectivity index (χ1) is 36.9. The highest BCUT2D eigenvalue weighted by Crippen LogP contribution is 2.43. The minimum absolute atomic E-state index is 0.0369. The van der Waals surface area contributed by atoms with Gasteiger partial charge in [0.2, 0.25) is 0 Å². The molecule has 8 nitrogen and oxygen atoms in total. The van der Waals surface area contributed by atoms with E-state index in [4.69, 9.17) is 9.84 Å². The lowest BCUT2D eigenvalue weighted by Crippen LogP contribution is -2.31. The summed E-state index contributed by atoms with van der Waals surface area (Å²) < 4.78 is 4.82. The topological polar surface area (TPSA) is 130 Å².